The predicted octanol–water partition coefficient (Wildman–Crippen LogP) is 2.34. The second-order valence-corrected chi connectivity index (χ2v) is 11.3. The first-order valence-corrected chi connectivity index (χ1v) is 11.5. The van der Waals surface area contributed by atoms with E-state index in [1.54, 1.807) is 0 Å². The normalized spacial score (nSPS) is 51.6. The van der Waals surface area contributed by atoms with E-state index in [-0.39, 0.29) is 29.8 Å². The van der Waals surface area contributed by atoms with Crippen molar-refractivity contribution < 1.29 is 34.0 Å². The fourth-order valence-electron chi connectivity index (χ4n) is 8.67. The van der Waals surface area contributed by atoms with Gasteiger partial charge in [0.1, 0.15) is 6.10 Å². The zero-order chi connectivity index (χ0) is 22.6. The van der Waals surface area contributed by atoms with Gasteiger partial charge in [0.15, 0.2) is 6.10 Å². The van der Waals surface area contributed by atoms with Crippen LogP contribution in [0.4, 0.5) is 0 Å². The number of carbonyl (C=O) groups is 2. The van der Waals surface area contributed by atoms with Gasteiger partial charge < -0.3 is 24.4 Å². The van der Waals surface area contributed by atoms with Gasteiger partial charge in [-0.1, -0.05) is 20.4 Å². The number of ether oxygens (including phenoxy) is 3. The van der Waals surface area contributed by atoms with Gasteiger partial charge in [-0.2, -0.15) is 0 Å². The molecule has 2 spiro atoms. The highest BCUT2D eigenvalue weighted by Gasteiger charge is 2.85. The highest BCUT2D eigenvalue weighted by molar-refractivity contribution is 5.67. The molecule has 7 heteroatoms. The number of hydrogen-bond donors (Lipinski definition) is 2. The molecule has 4 aliphatic carbocycles. The molecular formula is C24H34O7. The van der Waals surface area contributed by atoms with Crippen LogP contribution in [0.15, 0.2) is 12.2 Å². The number of fused-ring (bicyclic) bond motifs is 2. The maximum Gasteiger partial charge on any atom is 0.303 e. The third-order valence-corrected chi connectivity index (χ3v) is 9.57. The number of aliphatic hydroxyl groups is 2. The number of carbonyl (C=O) groups excluding carboxylic acids is 2. The van der Waals surface area contributed by atoms with Crippen LogP contribution in [0.1, 0.15) is 59.8 Å². The number of aliphatic hydroxyl groups excluding tert-OH is 1. The Morgan fingerprint density at radius 1 is 1.13 bits per heavy atom. The number of rotatable bonds is 2. The monoisotopic (exact) mass is 434 g/mol. The lowest BCUT2D eigenvalue weighted by Crippen LogP contribution is -2.84. The second-order valence-electron chi connectivity index (χ2n) is 11.3. The van der Waals surface area contributed by atoms with Crippen molar-refractivity contribution in [3.8, 4) is 0 Å². The zero-order valence-corrected chi connectivity index (χ0v) is 18.8. The molecule has 172 valence electrons. The summed E-state index contributed by atoms with van der Waals surface area (Å²) in [5.74, 6) is -3.08. The summed E-state index contributed by atoms with van der Waals surface area (Å²) < 4.78 is 17.9. The van der Waals surface area contributed by atoms with E-state index in [0.29, 0.717) is 12.8 Å². The highest BCUT2D eigenvalue weighted by Crippen LogP contribution is 2.78. The average molecular weight is 435 g/mol. The average Bonchev–Trinajstić information content (AvgIpc) is 2.87. The van der Waals surface area contributed by atoms with Crippen molar-refractivity contribution in [2.75, 3.05) is 6.61 Å². The van der Waals surface area contributed by atoms with Crippen molar-refractivity contribution in [1.29, 1.82) is 0 Å². The number of esters is 2. The van der Waals surface area contributed by atoms with Crippen molar-refractivity contribution in [2.45, 2.75) is 83.9 Å². The predicted molar refractivity (Wildman–Crippen MR) is 109 cm³/mol. The van der Waals surface area contributed by atoms with Crippen molar-refractivity contribution in [1.82, 2.24) is 0 Å². The molecular weight excluding hydrogens is 400 g/mol. The van der Waals surface area contributed by atoms with E-state index in [9.17, 15) is 19.8 Å². The third kappa shape index (κ3) is 2.35. The van der Waals surface area contributed by atoms with Gasteiger partial charge in [0, 0.05) is 25.2 Å². The van der Waals surface area contributed by atoms with Gasteiger partial charge in [0.05, 0.1) is 18.1 Å². The largest absolute Gasteiger partial charge is 0.457 e. The minimum Gasteiger partial charge on any atom is -0.457 e. The Balaban J connectivity index is 1.77. The molecule has 31 heavy (non-hydrogen) atoms. The summed E-state index contributed by atoms with van der Waals surface area (Å²) >= 11 is 0. The fraction of sp³-hybridized carbons (Fsp3) is 0.833. The van der Waals surface area contributed by atoms with E-state index in [0.717, 1.165) is 24.8 Å². The van der Waals surface area contributed by atoms with Crippen LogP contribution in [0.5, 0.6) is 0 Å². The van der Waals surface area contributed by atoms with Gasteiger partial charge >= 0.3 is 11.9 Å². The first-order valence-electron chi connectivity index (χ1n) is 11.5. The molecule has 2 aliphatic heterocycles. The summed E-state index contributed by atoms with van der Waals surface area (Å²) in [5, 5.41) is 23.9. The minimum absolute atomic E-state index is 0.0918. The van der Waals surface area contributed by atoms with Crippen LogP contribution in [0, 0.1) is 34.0 Å². The van der Waals surface area contributed by atoms with E-state index in [4.69, 9.17) is 14.2 Å². The zero-order valence-electron chi connectivity index (χ0n) is 18.8. The Kier molecular flexibility index (Phi) is 4.37. The van der Waals surface area contributed by atoms with Gasteiger partial charge in [-0.05, 0) is 54.9 Å². The van der Waals surface area contributed by atoms with E-state index in [1.165, 1.54) is 13.8 Å². The Hall–Kier alpha value is -1.44. The lowest BCUT2D eigenvalue weighted by Gasteiger charge is -2.75. The molecule has 0 aromatic heterocycles. The van der Waals surface area contributed by atoms with Crippen LogP contribution in [0.2, 0.25) is 0 Å². The van der Waals surface area contributed by atoms with Crippen molar-refractivity contribution in [2.24, 2.45) is 34.0 Å². The second kappa shape index (κ2) is 6.33. The molecule has 2 N–H and O–H groups in total. The van der Waals surface area contributed by atoms with Gasteiger partial charge in [-0.15, -0.1) is 0 Å². The van der Waals surface area contributed by atoms with Crippen LogP contribution in [-0.4, -0.2) is 52.9 Å². The third-order valence-electron chi connectivity index (χ3n) is 9.57. The molecule has 0 aromatic carbocycles. The van der Waals surface area contributed by atoms with Crippen LogP contribution in [-0.2, 0) is 23.8 Å². The van der Waals surface area contributed by atoms with Crippen LogP contribution >= 0.6 is 0 Å². The molecule has 0 unspecified atom stereocenters. The van der Waals surface area contributed by atoms with Crippen molar-refractivity contribution in [3.63, 3.8) is 0 Å². The van der Waals surface area contributed by atoms with Crippen LogP contribution < -0.4 is 0 Å². The maximum absolute atomic E-state index is 12.3. The fourth-order valence-corrected chi connectivity index (χ4v) is 8.67. The molecule has 6 fully saturated rings. The first kappa shape index (κ1) is 21.4. The molecule has 2 saturated heterocycles. The summed E-state index contributed by atoms with van der Waals surface area (Å²) in [4.78, 5) is 24.3. The van der Waals surface area contributed by atoms with Crippen LogP contribution in [0.25, 0.3) is 0 Å². The molecule has 6 aliphatic rings. The van der Waals surface area contributed by atoms with Gasteiger partial charge in [0.2, 0.25) is 5.79 Å². The standard InChI is InChI=1S/C24H34O7/c1-12-15-6-7-16-22-11-29-24(28,23(16,10-15)19(12)30-13(2)25)20(31-14(3)26)18(22)21(4,5)9-8-17(22)27/h15-20,27-28H,1,6-11H2,2-5H3/t15-,16+,17-,18-,19-,20+,22-,23+,24+/m1/s1. The Morgan fingerprint density at radius 3 is 2.45 bits per heavy atom. The molecule has 0 aromatic rings. The van der Waals surface area contributed by atoms with Gasteiger partial charge in [-0.3, -0.25) is 9.59 Å². The van der Waals surface area contributed by atoms with E-state index >= 15 is 0 Å². The molecule has 0 amide bonds. The first-order chi connectivity index (χ1) is 14.4. The topological polar surface area (TPSA) is 102 Å². The summed E-state index contributed by atoms with van der Waals surface area (Å²) in [7, 11) is 0. The minimum atomic E-state index is -1.82. The van der Waals surface area contributed by atoms with Crippen molar-refractivity contribution >= 4 is 11.9 Å². The Bertz CT molecular complexity index is 851. The molecule has 4 bridgehead atoms. The summed E-state index contributed by atoms with van der Waals surface area (Å²) in [6, 6.07) is 0. The van der Waals surface area contributed by atoms with Gasteiger partial charge in [-0.25, -0.2) is 0 Å². The quantitative estimate of drug-likeness (QED) is 0.508. The number of hydrogen-bond acceptors (Lipinski definition) is 7. The maximum atomic E-state index is 12.3. The molecule has 2 heterocycles. The molecule has 6 rings (SSSR count). The van der Waals surface area contributed by atoms with Gasteiger partial charge in [0.25, 0.3) is 0 Å². The summed E-state index contributed by atoms with van der Waals surface area (Å²) in [5.41, 5.74) is -1.17. The summed E-state index contributed by atoms with van der Waals surface area (Å²) in [6.45, 7) is 11.4. The van der Waals surface area contributed by atoms with E-state index in [2.05, 4.69) is 20.4 Å². The van der Waals surface area contributed by atoms with E-state index in [1.807, 2.05) is 0 Å². The SMILES string of the molecule is C=C1[C@@H]2CC[C@H]3[C@@]45CO[C@@](O)([C@@H](OC(C)=O)[C@@H]4C(C)(C)CC[C@H]5O)[C@]3(C2)[C@@H]1OC(C)=O. The lowest BCUT2D eigenvalue weighted by molar-refractivity contribution is -0.465. The molecule has 0 radical (unpaired) electrons. The molecule has 4 saturated carbocycles. The van der Waals surface area contributed by atoms with Crippen molar-refractivity contribution in [3.05, 3.63) is 12.2 Å². The summed E-state index contributed by atoms with van der Waals surface area (Å²) in [6.07, 6.45) is 1.24. The Labute approximate surface area is 183 Å². The van der Waals surface area contributed by atoms with Crippen LogP contribution in [0.3, 0.4) is 0 Å². The smallest absolute Gasteiger partial charge is 0.303 e. The lowest BCUT2D eigenvalue weighted by atomic mass is 9.36. The highest BCUT2D eigenvalue weighted by atomic mass is 16.7. The molecule has 9 atom stereocenters. The Morgan fingerprint density at radius 2 is 1.81 bits per heavy atom. The van der Waals surface area contributed by atoms with E-state index < -0.39 is 46.9 Å². The molecule has 7 nitrogen and oxygen atoms in total.